The zero-order chi connectivity index (χ0) is 14.0. The number of aromatic nitrogens is 2. The Balaban J connectivity index is 2.29. The highest BCUT2D eigenvalue weighted by molar-refractivity contribution is 5.70. The van der Waals surface area contributed by atoms with Gasteiger partial charge in [-0.15, -0.1) is 0 Å². The second-order valence-corrected chi connectivity index (χ2v) is 4.95. The molecular formula is C14H17F2N3. The molecular weight excluding hydrogens is 248 g/mol. The molecule has 0 spiro atoms. The van der Waals surface area contributed by atoms with Crippen molar-refractivity contribution < 1.29 is 8.78 Å². The van der Waals surface area contributed by atoms with Crippen LogP contribution in [0, 0.1) is 5.92 Å². The molecule has 0 aliphatic carbocycles. The highest BCUT2D eigenvalue weighted by atomic mass is 19.3. The van der Waals surface area contributed by atoms with Gasteiger partial charge < -0.3 is 10.3 Å². The van der Waals surface area contributed by atoms with Crippen LogP contribution in [0.15, 0.2) is 30.6 Å². The van der Waals surface area contributed by atoms with Crippen molar-refractivity contribution in [2.24, 2.45) is 5.92 Å². The van der Waals surface area contributed by atoms with Gasteiger partial charge in [-0.05, 0) is 5.92 Å². The molecule has 19 heavy (non-hydrogen) atoms. The average molecular weight is 265 g/mol. The van der Waals surface area contributed by atoms with E-state index >= 15 is 0 Å². The highest BCUT2D eigenvalue weighted by Crippen LogP contribution is 2.27. The molecule has 2 aromatic rings. The van der Waals surface area contributed by atoms with Gasteiger partial charge in [0, 0.05) is 17.7 Å². The van der Waals surface area contributed by atoms with E-state index in [-0.39, 0.29) is 5.56 Å². The van der Waals surface area contributed by atoms with Crippen molar-refractivity contribution in [2.75, 3.05) is 5.73 Å². The van der Waals surface area contributed by atoms with Crippen LogP contribution >= 0.6 is 0 Å². The van der Waals surface area contributed by atoms with Crippen LogP contribution in [0.5, 0.6) is 0 Å². The van der Waals surface area contributed by atoms with E-state index in [2.05, 4.69) is 18.8 Å². The SMILES string of the molecule is CC(C)Cn1cnc(-c2ccc(C(F)F)cc2)c1N. The summed E-state index contributed by atoms with van der Waals surface area (Å²) in [5, 5.41) is 0. The Hall–Kier alpha value is -1.91. The van der Waals surface area contributed by atoms with Crippen LogP contribution in [0.2, 0.25) is 0 Å². The second-order valence-electron chi connectivity index (χ2n) is 4.95. The van der Waals surface area contributed by atoms with E-state index in [1.807, 2.05) is 4.57 Å². The van der Waals surface area contributed by atoms with Gasteiger partial charge in [0.1, 0.15) is 11.5 Å². The summed E-state index contributed by atoms with van der Waals surface area (Å²) in [7, 11) is 0. The molecule has 1 aromatic carbocycles. The summed E-state index contributed by atoms with van der Waals surface area (Å²) in [5.74, 6) is 1.03. The molecule has 0 radical (unpaired) electrons. The maximum Gasteiger partial charge on any atom is 0.263 e. The van der Waals surface area contributed by atoms with Gasteiger partial charge >= 0.3 is 0 Å². The number of benzene rings is 1. The molecule has 3 nitrogen and oxygen atoms in total. The molecule has 0 aliphatic heterocycles. The van der Waals surface area contributed by atoms with Gasteiger partial charge in [-0.25, -0.2) is 13.8 Å². The zero-order valence-electron chi connectivity index (χ0n) is 11.0. The summed E-state index contributed by atoms with van der Waals surface area (Å²) in [6.45, 7) is 4.97. The van der Waals surface area contributed by atoms with Crippen LogP contribution in [0.1, 0.15) is 25.8 Å². The number of nitrogens with zero attached hydrogens (tertiary/aromatic N) is 2. The van der Waals surface area contributed by atoms with Crippen molar-refractivity contribution in [1.82, 2.24) is 9.55 Å². The summed E-state index contributed by atoms with van der Waals surface area (Å²) in [4.78, 5) is 4.26. The molecule has 0 saturated heterocycles. The van der Waals surface area contributed by atoms with Crippen molar-refractivity contribution >= 4 is 5.82 Å². The third kappa shape index (κ3) is 2.92. The van der Waals surface area contributed by atoms with E-state index in [1.165, 1.54) is 12.1 Å². The normalized spacial score (nSPS) is 11.5. The lowest BCUT2D eigenvalue weighted by Crippen LogP contribution is -2.06. The number of hydrogen-bond donors (Lipinski definition) is 1. The van der Waals surface area contributed by atoms with E-state index in [0.29, 0.717) is 17.4 Å². The maximum absolute atomic E-state index is 12.5. The molecule has 0 bridgehead atoms. The number of alkyl halides is 2. The van der Waals surface area contributed by atoms with Crippen LogP contribution in [0.4, 0.5) is 14.6 Å². The fourth-order valence-electron chi connectivity index (χ4n) is 1.94. The van der Waals surface area contributed by atoms with Gasteiger partial charge in [-0.2, -0.15) is 0 Å². The number of nitrogen functional groups attached to an aromatic ring is 1. The number of rotatable bonds is 4. The van der Waals surface area contributed by atoms with E-state index < -0.39 is 6.43 Å². The summed E-state index contributed by atoms with van der Waals surface area (Å²) in [5.41, 5.74) is 7.43. The fourth-order valence-corrected chi connectivity index (χ4v) is 1.94. The van der Waals surface area contributed by atoms with Crippen LogP contribution in [-0.4, -0.2) is 9.55 Å². The number of anilines is 1. The Bertz CT molecular complexity index is 544. The Labute approximate surface area is 111 Å². The minimum Gasteiger partial charge on any atom is -0.383 e. The first kappa shape index (κ1) is 13.5. The zero-order valence-corrected chi connectivity index (χ0v) is 11.0. The van der Waals surface area contributed by atoms with Gasteiger partial charge in [0.2, 0.25) is 0 Å². The van der Waals surface area contributed by atoms with Crippen molar-refractivity contribution in [3.05, 3.63) is 36.2 Å². The summed E-state index contributed by atoms with van der Waals surface area (Å²) in [6.07, 6.45) is -0.768. The third-order valence-corrected chi connectivity index (χ3v) is 2.88. The predicted octanol–water partition coefficient (Wildman–Crippen LogP) is 3.73. The monoisotopic (exact) mass is 265 g/mol. The molecule has 0 saturated carbocycles. The van der Waals surface area contributed by atoms with E-state index in [9.17, 15) is 8.78 Å². The molecule has 0 atom stereocenters. The van der Waals surface area contributed by atoms with Gasteiger partial charge in [0.15, 0.2) is 0 Å². The molecule has 0 amide bonds. The van der Waals surface area contributed by atoms with Gasteiger partial charge in [0.05, 0.1) is 6.33 Å². The van der Waals surface area contributed by atoms with E-state index in [0.717, 1.165) is 12.1 Å². The van der Waals surface area contributed by atoms with Gasteiger partial charge in [-0.3, -0.25) is 0 Å². The molecule has 0 unspecified atom stereocenters. The van der Waals surface area contributed by atoms with Crippen LogP contribution in [0.25, 0.3) is 11.3 Å². The Morgan fingerprint density at radius 1 is 1.21 bits per heavy atom. The van der Waals surface area contributed by atoms with Crippen molar-refractivity contribution in [2.45, 2.75) is 26.8 Å². The molecule has 0 aliphatic rings. The van der Waals surface area contributed by atoms with E-state index in [4.69, 9.17) is 5.73 Å². The largest absolute Gasteiger partial charge is 0.383 e. The number of imidazole rings is 1. The molecule has 1 aromatic heterocycles. The number of nitrogens with two attached hydrogens (primary N) is 1. The number of hydrogen-bond acceptors (Lipinski definition) is 2. The fraction of sp³-hybridized carbons (Fsp3) is 0.357. The average Bonchev–Trinajstić information content (AvgIpc) is 2.70. The second kappa shape index (κ2) is 5.38. The maximum atomic E-state index is 12.5. The molecule has 5 heteroatoms. The first-order valence-corrected chi connectivity index (χ1v) is 6.18. The predicted molar refractivity (Wildman–Crippen MR) is 71.9 cm³/mol. The molecule has 0 fully saturated rings. The molecule has 2 N–H and O–H groups in total. The lowest BCUT2D eigenvalue weighted by molar-refractivity contribution is 0.151. The van der Waals surface area contributed by atoms with Crippen LogP contribution in [-0.2, 0) is 6.54 Å². The Morgan fingerprint density at radius 3 is 2.37 bits per heavy atom. The van der Waals surface area contributed by atoms with Crippen molar-refractivity contribution in [1.29, 1.82) is 0 Å². The van der Waals surface area contributed by atoms with E-state index in [1.54, 1.807) is 18.5 Å². The minimum atomic E-state index is -2.45. The quantitative estimate of drug-likeness (QED) is 0.915. The van der Waals surface area contributed by atoms with Crippen LogP contribution in [0.3, 0.4) is 0 Å². The lowest BCUT2D eigenvalue weighted by atomic mass is 10.1. The van der Waals surface area contributed by atoms with Crippen molar-refractivity contribution in [3.63, 3.8) is 0 Å². The first-order chi connectivity index (χ1) is 8.99. The molecule has 1 heterocycles. The van der Waals surface area contributed by atoms with Crippen LogP contribution < -0.4 is 5.73 Å². The highest BCUT2D eigenvalue weighted by Gasteiger charge is 2.12. The minimum absolute atomic E-state index is 0.00364. The Kier molecular flexibility index (Phi) is 3.83. The summed E-state index contributed by atoms with van der Waals surface area (Å²) in [6, 6.07) is 6.06. The number of halogens is 2. The smallest absolute Gasteiger partial charge is 0.263 e. The van der Waals surface area contributed by atoms with Gasteiger partial charge in [0.25, 0.3) is 6.43 Å². The molecule has 102 valence electrons. The Morgan fingerprint density at radius 2 is 1.84 bits per heavy atom. The lowest BCUT2D eigenvalue weighted by Gasteiger charge is -2.08. The summed E-state index contributed by atoms with van der Waals surface area (Å²) < 4.78 is 26.8. The standard InChI is InChI=1S/C14H17F2N3/c1-9(2)7-19-8-18-12(14(19)17)10-3-5-11(6-4-10)13(15)16/h3-6,8-9,13H,7,17H2,1-2H3. The first-order valence-electron chi connectivity index (χ1n) is 6.18. The van der Waals surface area contributed by atoms with Crippen molar-refractivity contribution in [3.8, 4) is 11.3 Å². The summed E-state index contributed by atoms with van der Waals surface area (Å²) >= 11 is 0. The third-order valence-electron chi connectivity index (χ3n) is 2.88. The molecule has 2 rings (SSSR count). The topological polar surface area (TPSA) is 43.8 Å². The van der Waals surface area contributed by atoms with Gasteiger partial charge in [-0.1, -0.05) is 38.1 Å².